The highest BCUT2D eigenvalue weighted by molar-refractivity contribution is 7.12. The van der Waals surface area contributed by atoms with Gasteiger partial charge in [0.25, 0.3) is 5.91 Å². The Morgan fingerprint density at radius 3 is 2.82 bits per heavy atom. The van der Waals surface area contributed by atoms with E-state index < -0.39 is 0 Å². The summed E-state index contributed by atoms with van der Waals surface area (Å²) in [4.78, 5) is 26.7. The summed E-state index contributed by atoms with van der Waals surface area (Å²) in [6, 6.07) is 1.96. The van der Waals surface area contributed by atoms with Crippen LogP contribution in [0.15, 0.2) is 28.5 Å². The Bertz CT molecular complexity index is 967. The molecule has 3 aromatic heterocycles. The van der Waals surface area contributed by atoms with Crippen molar-refractivity contribution < 1.29 is 9.21 Å². The second kappa shape index (κ2) is 7.89. The van der Waals surface area contributed by atoms with Crippen LogP contribution in [0.2, 0.25) is 0 Å². The van der Waals surface area contributed by atoms with Gasteiger partial charge in [-0.25, -0.2) is 9.97 Å². The lowest BCUT2D eigenvalue weighted by Gasteiger charge is -2.19. The minimum absolute atomic E-state index is 0.0301. The summed E-state index contributed by atoms with van der Waals surface area (Å²) < 4.78 is 7.77. The molecular weight excluding hydrogens is 374 g/mol. The third kappa shape index (κ3) is 3.38. The largest absolute Gasteiger partial charge is 0.443 e. The van der Waals surface area contributed by atoms with E-state index in [2.05, 4.69) is 23.7 Å². The van der Waals surface area contributed by atoms with Crippen molar-refractivity contribution in [2.24, 2.45) is 0 Å². The number of rotatable bonds is 7. The van der Waals surface area contributed by atoms with E-state index in [9.17, 15) is 4.79 Å². The molecule has 3 aromatic rings. The lowest BCUT2D eigenvalue weighted by Crippen LogP contribution is -2.25. The van der Waals surface area contributed by atoms with Crippen LogP contribution < -0.4 is 0 Å². The highest BCUT2D eigenvalue weighted by atomic mass is 32.1. The fourth-order valence-corrected chi connectivity index (χ4v) is 4.53. The van der Waals surface area contributed by atoms with Crippen LogP contribution in [0.25, 0.3) is 17.3 Å². The first-order valence-corrected chi connectivity index (χ1v) is 10.6. The number of imidazole rings is 1. The number of hydrogen-bond acceptors (Lipinski definition) is 6. The number of nitrogens with zero attached hydrogens (tertiary/aromatic N) is 5. The topological polar surface area (TPSA) is 67.4 Å². The Labute approximate surface area is 168 Å². The van der Waals surface area contributed by atoms with Crippen LogP contribution in [-0.2, 0) is 13.1 Å². The minimum Gasteiger partial charge on any atom is -0.443 e. The number of fused-ring (bicyclic) bond motifs is 3. The summed E-state index contributed by atoms with van der Waals surface area (Å²) in [5.74, 6) is 0.541. The van der Waals surface area contributed by atoms with Crippen molar-refractivity contribution in [1.29, 1.82) is 0 Å². The second-order valence-electron chi connectivity index (χ2n) is 7.13. The van der Waals surface area contributed by atoms with Gasteiger partial charge in [0.2, 0.25) is 5.89 Å². The molecule has 4 rings (SSSR count). The maximum atomic E-state index is 12.6. The zero-order valence-electron chi connectivity index (χ0n) is 16.5. The number of oxazole rings is 1. The first kappa shape index (κ1) is 18.9. The van der Waals surface area contributed by atoms with Gasteiger partial charge in [-0.15, -0.1) is 11.3 Å². The van der Waals surface area contributed by atoms with E-state index in [0.717, 1.165) is 54.4 Å². The van der Waals surface area contributed by atoms with E-state index in [1.165, 1.54) is 11.3 Å². The fourth-order valence-electron chi connectivity index (χ4n) is 3.65. The molecule has 1 aliphatic heterocycles. The van der Waals surface area contributed by atoms with E-state index in [1.54, 1.807) is 17.5 Å². The second-order valence-corrected chi connectivity index (χ2v) is 8.04. The number of carbonyl (C=O) groups is 1. The highest BCUT2D eigenvalue weighted by Gasteiger charge is 2.29. The van der Waals surface area contributed by atoms with E-state index >= 15 is 0 Å². The van der Waals surface area contributed by atoms with Crippen LogP contribution in [0.1, 0.15) is 47.7 Å². The molecule has 0 spiro atoms. The number of hydrogen-bond donors (Lipinski definition) is 0. The van der Waals surface area contributed by atoms with Gasteiger partial charge in [-0.1, -0.05) is 13.8 Å². The van der Waals surface area contributed by atoms with Crippen LogP contribution >= 0.6 is 11.3 Å². The third-order valence-corrected chi connectivity index (χ3v) is 5.81. The van der Waals surface area contributed by atoms with Gasteiger partial charge in [0, 0.05) is 13.6 Å². The summed E-state index contributed by atoms with van der Waals surface area (Å²) in [7, 11) is 1.81. The lowest BCUT2D eigenvalue weighted by atomic mass is 10.3. The fraction of sp³-hybridized carbons (Fsp3) is 0.450. The molecule has 0 bridgehead atoms. The molecule has 0 saturated carbocycles. The van der Waals surface area contributed by atoms with Gasteiger partial charge in [-0.05, 0) is 37.4 Å². The van der Waals surface area contributed by atoms with Crippen LogP contribution in [-0.4, -0.2) is 50.4 Å². The third-order valence-electron chi connectivity index (χ3n) is 4.92. The zero-order valence-corrected chi connectivity index (χ0v) is 17.3. The Morgan fingerprint density at radius 1 is 1.29 bits per heavy atom. The maximum absolute atomic E-state index is 12.6. The quantitative estimate of drug-likeness (QED) is 0.605. The molecule has 4 heterocycles. The molecule has 0 fully saturated rings. The van der Waals surface area contributed by atoms with Crippen molar-refractivity contribution in [3.63, 3.8) is 0 Å². The molecule has 0 radical (unpaired) electrons. The summed E-state index contributed by atoms with van der Waals surface area (Å²) in [5, 5.41) is 1.93. The summed E-state index contributed by atoms with van der Waals surface area (Å²) in [6.45, 7) is 7.70. The van der Waals surface area contributed by atoms with Crippen LogP contribution in [0, 0.1) is 0 Å². The average molecular weight is 400 g/mol. The van der Waals surface area contributed by atoms with Gasteiger partial charge < -0.3 is 9.32 Å². The Hall–Kier alpha value is -2.45. The van der Waals surface area contributed by atoms with Gasteiger partial charge in [0.1, 0.15) is 23.2 Å². The van der Waals surface area contributed by atoms with Gasteiger partial charge >= 0.3 is 0 Å². The molecule has 8 heteroatoms. The normalized spacial score (nSPS) is 13.7. The van der Waals surface area contributed by atoms with E-state index in [4.69, 9.17) is 9.40 Å². The molecule has 7 nitrogen and oxygen atoms in total. The molecular formula is C20H25N5O2S. The van der Waals surface area contributed by atoms with Crippen LogP contribution in [0.4, 0.5) is 0 Å². The molecule has 1 amide bonds. The standard InChI is InChI=1S/C20H25N5O2S/c1-4-7-24(8-5-2)10-14-12-27-19(22-14)17-16-11-23(3)20(26)18-15(6-9-28-18)25(16)13-21-17/h6,9,12-13H,4-5,7-8,10-11H2,1-3H3. The average Bonchev–Trinajstić information content (AvgIpc) is 3.39. The first-order chi connectivity index (χ1) is 13.6. The predicted molar refractivity (Wildman–Crippen MR) is 109 cm³/mol. The maximum Gasteiger partial charge on any atom is 0.266 e. The monoisotopic (exact) mass is 399 g/mol. The molecule has 0 saturated heterocycles. The molecule has 148 valence electrons. The van der Waals surface area contributed by atoms with E-state index in [0.29, 0.717) is 18.1 Å². The molecule has 0 unspecified atom stereocenters. The summed E-state index contributed by atoms with van der Waals surface area (Å²) >= 11 is 1.45. The number of carbonyl (C=O) groups excluding carboxylic acids is 1. The van der Waals surface area contributed by atoms with Crippen molar-refractivity contribution >= 4 is 17.2 Å². The molecule has 0 aliphatic carbocycles. The number of thiophene rings is 1. The van der Waals surface area contributed by atoms with Crippen LogP contribution in [0.3, 0.4) is 0 Å². The van der Waals surface area contributed by atoms with Crippen LogP contribution in [0.5, 0.6) is 0 Å². The molecule has 0 aromatic carbocycles. The SMILES string of the molecule is CCCN(CCC)Cc1coc(-c2ncn3c2CN(C)C(=O)c2sccc2-3)n1. The Kier molecular flexibility index (Phi) is 5.32. The van der Waals surface area contributed by atoms with Gasteiger partial charge in [0.05, 0.1) is 23.6 Å². The molecule has 0 atom stereocenters. The van der Waals surface area contributed by atoms with Gasteiger partial charge in [-0.3, -0.25) is 14.3 Å². The van der Waals surface area contributed by atoms with Crippen molar-refractivity contribution in [3.8, 4) is 17.3 Å². The molecule has 0 N–H and O–H groups in total. The van der Waals surface area contributed by atoms with Crippen molar-refractivity contribution in [1.82, 2.24) is 24.3 Å². The molecule has 28 heavy (non-hydrogen) atoms. The van der Waals surface area contributed by atoms with Gasteiger partial charge in [-0.2, -0.15) is 0 Å². The lowest BCUT2D eigenvalue weighted by molar-refractivity contribution is 0.0792. The number of aromatic nitrogens is 3. The van der Waals surface area contributed by atoms with E-state index in [-0.39, 0.29) is 5.91 Å². The molecule has 1 aliphatic rings. The predicted octanol–water partition coefficient (Wildman–Crippen LogP) is 3.80. The minimum atomic E-state index is 0.0301. The zero-order chi connectivity index (χ0) is 19.7. The van der Waals surface area contributed by atoms with E-state index in [1.807, 2.05) is 23.1 Å². The Balaban J connectivity index is 1.65. The van der Waals surface area contributed by atoms with Crippen molar-refractivity contribution in [2.75, 3.05) is 20.1 Å². The van der Waals surface area contributed by atoms with Crippen molar-refractivity contribution in [2.45, 2.75) is 39.8 Å². The highest BCUT2D eigenvalue weighted by Crippen LogP contribution is 2.32. The smallest absolute Gasteiger partial charge is 0.266 e. The summed E-state index contributed by atoms with van der Waals surface area (Å²) in [5.41, 5.74) is 3.40. The van der Waals surface area contributed by atoms with Gasteiger partial charge in [0.15, 0.2) is 0 Å². The van der Waals surface area contributed by atoms with Crippen molar-refractivity contribution in [3.05, 3.63) is 40.3 Å². The Morgan fingerprint density at radius 2 is 2.07 bits per heavy atom. The first-order valence-electron chi connectivity index (χ1n) is 9.69. The number of amides is 1. The summed E-state index contributed by atoms with van der Waals surface area (Å²) in [6.07, 6.45) is 5.71.